The van der Waals surface area contributed by atoms with Crippen molar-refractivity contribution in [2.45, 2.75) is 12.6 Å². The van der Waals surface area contributed by atoms with Crippen LogP contribution < -0.4 is 0 Å². The molecule has 0 aliphatic carbocycles. The van der Waals surface area contributed by atoms with E-state index in [-0.39, 0.29) is 12.8 Å². The number of carbonyl (C=O) groups is 2. The molecule has 11 heavy (non-hydrogen) atoms. The molecule has 0 bridgehead atoms. The molecule has 0 spiro atoms. The Morgan fingerprint density at radius 3 is 2.91 bits per heavy atom. The second-order valence-corrected chi connectivity index (χ2v) is 1.56. The third kappa shape index (κ3) is 4.58. The fourth-order valence-electron chi connectivity index (χ4n) is 0.346. The lowest BCUT2D eigenvalue weighted by Crippen LogP contribution is -2.24. The molecule has 0 fully saturated rings. The Hall–Kier alpha value is -0.810. The van der Waals surface area contributed by atoms with Gasteiger partial charge in [-0.3, -0.25) is 9.59 Å². The van der Waals surface area contributed by atoms with Crippen molar-refractivity contribution in [3.05, 3.63) is 0 Å². The first-order chi connectivity index (χ1) is 5.22. The molecule has 57 valence electrons. The fraction of sp³-hybridized carbons (Fsp3) is 0.500. The number of hydrogen-bond donors (Lipinski definition) is 1. The Labute approximate surface area is 65.4 Å². The molecule has 0 aromatic heterocycles. The van der Waals surface area contributed by atoms with Crippen LogP contribution in [0.1, 0.15) is 0 Å². The summed E-state index contributed by atoms with van der Waals surface area (Å²) in [5, 5.41) is 8.57. The summed E-state index contributed by atoms with van der Waals surface area (Å²) in [5.74, 6) is -0.686. The molecule has 0 amide bonds. The van der Waals surface area contributed by atoms with E-state index in [9.17, 15) is 9.59 Å². The van der Waals surface area contributed by atoms with Crippen LogP contribution in [-0.2, 0) is 18.9 Å². The lowest BCUT2D eigenvalue weighted by atomic mass is 9.92. The summed E-state index contributed by atoms with van der Waals surface area (Å²) < 4.78 is 7.85. The van der Waals surface area contributed by atoms with Crippen LogP contribution >= 0.6 is 0 Å². The fourth-order valence-corrected chi connectivity index (χ4v) is 0.346. The minimum absolute atomic E-state index is 0.156. The van der Waals surface area contributed by atoms with Crippen LogP contribution in [0.2, 0.25) is 6.32 Å². The molecule has 1 N–H and O–H groups in total. The van der Waals surface area contributed by atoms with Crippen molar-refractivity contribution in [1.29, 1.82) is 0 Å². The first kappa shape index (κ1) is 10.2. The highest BCUT2D eigenvalue weighted by atomic mass is 16.6. The Morgan fingerprint density at radius 2 is 2.45 bits per heavy atom. The maximum atomic E-state index is 10.6. The van der Waals surface area contributed by atoms with E-state index < -0.39 is 12.1 Å². The molecule has 1 atom stereocenters. The number of hydrogen-bond acceptors (Lipinski definition) is 5. The molecule has 0 rings (SSSR count). The molecule has 0 saturated carbocycles. The van der Waals surface area contributed by atoms with Crippen LogP contribution in [-0.4, -0.2) is 39.2 Å². The summed E-state index contributed by atoms with van der Waals surface area (Å²) in [5.41, 5.74) is 0. The van der Waals surface area contributed by atoms with Gasteiger partial charge in [-0.15, -0.1) is 0 Å². The van der Waals surface area contributed by atoms with Gasteiger partial charge in [0.25, 0.3) is 14.5 Å². The lowest BCUT2D eigenvalue weighted by molar-refractivity contribution is -0.138. The van der Waals surface area contributed by atoms with Gasteiger partial charge in [0.1, 0.15) is 0 Å². The number of aliphatic hydroxyl groups excluding tert-OH is 1. The Bertz CT molecular complexity index is 138. The van der Waals surface area contributed by atoms with Gasteiger partial charge in [-0.2, -0.15) is 0 Å². The molecule has 0 heterocycles. The first-order valence-electron chi connectivity index (χ1n) is 2.69. The van der Waals surface area contributed by atoms with Crippen LogP contribution in [0.3, 0.4) is 0 Å². The van der Waals surface area contributed by atoms with Crippen molar-refractivity contribution in [3.63, 3.8) is 0 Å². The molecule has 0 saturated heterocycles. The van der Waals surface area contributed by atoms with Gasteiger partial charge in [-0.1, -0.05) is 0 Å². The van der Waals surface area contributed by atoms with E-state index in [1.807, 2.05) is 0 Å². The number of aliphatic hydroxyl groups is 1. The average Bonchev–Trinajstić information content (AvgIpc) is 2.03. The third-order valence-corrected chi connectivity index (χ3v) is 0.841. The zero-order valence-electron chi connectivity index (χ0n) is 5.60. The molecule has 0 aromatic rings. The molecular formula is C4H5B2O5. The van der Waals surface area contributed by atoms with E-state index in [0.717, 1.165) is 7.48 Å². The molecule has 5 nitrogen and oxygen atoms in total. The number of ketones is 1. The summed E-state index contributed by atoms with van der Waals surface area (Å²) in [6.45, 7) is 0.156. The van der Waals surface area contributed by atoms with Crippen LogP contribution in [0.4, 0.5) is 0 Å². The summed E-state index contributed by atoms with van der Waals surface area (Å²) in [4.78, 5) is 20.1. The summed E-state index contributed by atoms with van der Waals surface area (Å²) in [7, 11) is 5.41. The largest absolute Gasteiger partial charge is 0.540 e. The van der Waals surface area contributed by atoms with Crippen molar-refractivity contribution in [3.8, 4) is 0 Å². The van der Waals surface area contributed by atoms with Crippen molar-refractivity contribution in [2.24, 2.45) is 0 Å². The quantitative estimate of drug-likeness (QED) is 0.211. The molecule has 1 unspecified atom stereocenters. The minimum atomic E-state index is -1.67. The highest BCUT2D eigenvalue weighted by Gasteiger charge is 2.13. The maximum Gasteiger partial charge on any atom is 0.381 e. The topological polar surface area (TPSA) is 72.8 Å². The van der Waals surface area contributed by atoms with E-state index >= 15 is 0 Å². The lowest BCUT2D eigenvalue weighted by Gasteiger charge is -2.05. The highest BCUT2D eigenvalue weighted by Crippen LogP contribution is 1.91. The highest BCUT2D eigenvalue weighted by molar-refractivity contribution is 6.36. The standard InChI is InChI=1S/C4H5B2O5/c5-11-4(9)3(8)1-6-10-2-7/h2,4,9H,1H2. The SMILES string of the molecule is [B]OC(O)C(=O)C[B]OC=O. The van der Waals surface area contributed by atoms with E-state index in [1.54, 1.807) is 0 Å². The second-order valence-electron chi connectivity index (χ2n) is 1.56. The number of carbonyl (C=O) groups excluding carboxylic acids is 2. The average molecular weight is 155 g/mol. The summed E-state index contributed by atoms with van der Waals surface area (Å²) >= 11 is 0. The minimum Gasteiger partial charge on any atom is -0.540 e. The summed E-state index contributed by atoms with van der Waals surface area (Å²) in [6, 6.07) is 0. The Morgan fingerprint density at radius 1 is 1.82 bits per heavy atom. The monoisotopic (exact) mass is 155 g/mol. The van der Waals surface area contributed by atoms with Crippen molar-refractivity contribution >= 4 is 27.8 Å². The molecular weight excluding hydrogens is 150 g/mol. The summed E-state index contributed by atoms with van der Waals surface area (Å²) in [6.07, 6.45) is -1.90. The zero-order valence-corrected chi connectivity index (χ0v) is 5.60. The Balaban J connectivity index is 3.43. The number of rotatable bonds is 6. The Kier molecular flexibility index (Phi) is 5.50. The van der Waals surface area contributed by atoms with Gasteiger partial charge >= 0.3 is 7.48 Å². The van der Waals surface area contributed by atoms with Crippen molar-refractivity contribution < 1.29 is 24.0 Å². The van der Waals surface area contributed by atoms with Gasteiger partial charge in [0.15, 0.2) is 12.1 Å². The second kappa shape index (κ2) is 5.94. The van der Waals surface area contributed by atoms with Gasteiger partial charge < -0.3 is 14.4 Å². The van der Waals surface area contributed by atoms with Crippen LogP contribution in [0, 0.1) is 0 Å². The molecule has 0 aliphatic rings. The molecule has 3 radical (unpaired) electrons. The van der Waals surface area contributed by atoms with Gasteiger partial charge in [0, 0.05) is 6.32 Å². The smallest absolute Gasteiger partial charge is 0.381 e. The van der Waals surface area contributed by atoms with E-state index in [0.29, 0.717) is 0 Å². The predicted octanol–water partition coefficient (Wildman–Crippen LogP) is -1.82. The normalized spacial score (nSPS) is 11.7. The van der Waals surface area contributed by atoms with Crippen molar-refractivity contribution in [1.82, 2.24) is 0 Å². The predicted molar refractivity (Wildman–Crippen MR) is 35.6 cm³/mol. The van der Waals surface area contributed by atoms with E-state index in [4.69, 9.17) is 5.11 Å². The van der Waals surface area contributed by atoms with Crippen molar-refractivity contribution in [2.75, 3.05) is 0 Å². The molecule has 0 aliphatic heterocycles. The van der Waals surface area contributed by atoms with Crippen LogP contribution in [0.5, 0.6) is 0 Å². The van der Waals surface area contributed by atoms with Crippen LogP contribution in [0.25, 0.3) is 0 Å². The van der Waals surface area contributed by atoms with Gasteiger partial charge in [-0.25, -0.2) is 0 Å². The number of Topliss-reactive ketones (excluding diaryl/α,β-unsaturated/α-hetero) is 1. The van der Waals surface area contributed by atoms with E-state index in [2.05, 4.69) is 17.4 Å². The maximum absolute atomic E-state index is 10.6. The zero-order chi connectivity index (χ0) is 8.69. The molecule has 7 heteroatoms. The van der Waals surface area contributed by atoms with Gasteiger partial charge in [0.2, 0.25) is 0 Å². The van der Waals surface area contributed by atoms with Gasteiger partial charge in [-0.05, 0) is 0 Å². The molecule has 0 aromatic carbocycles. The van der Waals surface area contributed by atoms with Gasteiger partial charge in [0.05, 0.1) is 0 Å². The first-order valence-corrected chi connectivity index (χ1v) is 2.69. The van der Waals surface area contributed by atoms with E-state index in [1.165, 1.54) is 0 Å². The van der Waals surface area contributed by atoms with Crippen LogP contribution in [0.15, 0.2) is 0 Å². The third-order valence-electron chi connectivity index (χ3n) is 0.841.